The van der Waals surface area contributed by atoms with E-state index in [0.29, 0.717) is 15.3 Å². The molecule has 1 amide bonds. The maximum absolute atomic E-state index is 12.8. The van der Waals surface area contributed by atoms with Crippen molar-refractivity contribution in [2.75, 3.05) is 5.32 Å². The summed E-state index contributed by atoms with van der Waals surface area (Å²) in [5, 5.41) is 8.22. The summed E-state index contributed by atoms with van der Waals surface area (Å²) in [6, 6.07) is 6.91. The molecule has 10 heteroatoms. The van der Waals surface area contributed by atoms with Crippen molar-refractivity contribution in [1.29, 1.82) is 0 Å². The van der Waals surface area contributed by atoms with Gasteiger partial charge in [0, 0.05) is 16.4 Å². The van der Waals surface area contributed by atoms with Crippen LogP contribution in [0.5, 0.6) is 0 Å². The van der Waals surface area contributed by atoms with Gasteiger partial charge in [-0.25, -0.2) is 0 Å². The summed E-state index contributed by atoms with van der Waals surface area (Å²) in [7, 11) is 0. The average Bonchev–Trinajstić information content (AvgIpc) is 3.25. The molecule has 2 heterocycles. The highest BCUT2D eigenvalue weighted by Crippen LogP contribution is 2.32. The summed E-state index contributed by atoms with van der Waals surface area (Å²) >= 11 is 3.33. The standard InChI is InChI=1S/C16H11F3IN3O2S/c17-16(18,19)9-3-4-10(20)11(8-9)21-13(24)5-6-14-22-15(23-25-14)12-2-1-7-26-12/h1-4,7-8H,5-6H2,(H,21,24). The number of hydrogen-bond donors (Lipinski definition) is 1. The number of hydrogen-bond acceptors (Lipinski definition) is 5. The number of nitrogens with zero attached hydrogens (tertiary/aromatic N) is 2. The van der Waals surface area contributed by atoms with Gasteiger partial charge in [0.1, 0.15) is 0 Å². The lowest BCUT2D eigenvalue weighted by molar-refractivity contribution is -0.137. The van der Waals surface area contributed by atoms with Gasteiger partial charge in [-0.15, -0.1) is 11.3 Å². The van der Waals surface area contributed by atoms with E-state index >= 15 is 0 Å². The van der Waals surface area contributed by atoms with Crippen LogP contribution in [0.4, 0.5) is 18.9 Å². The first-order chi connectivity index (χ1) is 12.3. The zero-order chi connectivity index (χ0) is 18.7. The maximum atomic E-state index is 12.8. The van der Waals surface area contributed by atoms with E-state index in [1.54, 1.807) is 0 Å². The predicted octanol–water partition coefficient (Wildman–Crippen LogP) is 4.99. The maximum Gasteiger partial charge on any atom is 0.416 e. The lowest BCUT2D eigenvalue weighted by atomic mass is 10.2. The Morgan fingerprint density at radius 3 is 2.81 bits per heavy atom. The summed E-state index contributed by atoms with van der Waals surface area (Å²) in [6.45, 7) is 0. The Morgan fingerprint density at radius 2 is 2.12 bits per heavy atom. The number of benzene rings is 1. The molecule has 0 saturated carbocycles. The number of thiophene rings is 1. The van der Waals surface area contributed by atoms with Crippen molar-refractivity contribution in [3.8, 4) is 10.7 Å². The SMILES string of the molecule is O=C(CCc1nc(-c2cccs2)no1)Nc1cc(C(F)(F)F)ccc1I. The van der Waals surface area contributed by atoms with Crippen LogP contribution in [0.15, 0.2) is 40.2 Å². The molecule has 0 unspecified atom stereocenters. The molecule has 0 atom stereocenters. The molecule has 0 aliphatic rings. The highest BCUT2D eigenvalue weighted by molar-refractivity contribution is 14.1. The van der Waals surface area contributed by atoms with Crippen molar-refractivity contribution in [3.63, 3.8) is 0 Å². The molecular weight excluding hydrogens is 482 g/mol. The Hall–Kier alpha value is -1.95. The molecule has 0 fully saturated rings. The second-order valence-corrected chi connectivity index (χ2v) is 7.34. The van der Waals surface area contributed by atoms with Crippen molar-refractivity contribution in [3.05, 3.63) is 50.7 Å². The minimum atomic E-state index is -4.47. The van der Waals surface area contributed by atoms with E-state index < -0.39 is 17.6 Å². The highest BCUT2D eigenvalue weighted by Gasteiger charge is 2.31. The summed E-state index contributed by atoms with van der Waals surface area (Å²) in [5.74, 6) is 0.309. The zero-order valence-corrected chi connectivity index (χ0v) is 16.0. The molecule has 3 aromatic rings. The first-order valence-electron chi connectivity index (χ1n) is 7.36. The number of rotatable bonds is 5. The van der Waals surface area contributed by atoms with E-state index in [-0.39, 0.29) is 18.5 Å². The van der Waals surface area contributed by atoms with Gasteiger partial charge in [0.25, 0.3) is 0 Å². The van der Waals surface area contributed by atoms with Crippen LogP contribution in [-0.2, 0) is 17.4 Å². The molecule has 2 aromatic heterocycles. The summed E-state index contributed by atoms with van der Waals surface area (Å²) < 4.78 is 44.0. The summed E-state index contributed by atoms with van der Waals surface area (Å²) in [5.41, 5.74) is -0.694. The molecule has 0 saturated heterocycles. The Kier molecular flexibility index (Phi) is 5.61. The van der Waals surface area contributed by atoms with Crippen LogP contribution in [0.3, 0.4) is 0 Å². The van der Waals surface area contributed by atoms with Crippen molar-refractivity contribution in [2.24, 2.45) is 0 Å². The third kappa shape index (κ3) is 4.61. The Labute approximate surface area is 163 Å². The Bertz CT molecular complexity index is 910. The van der Waals surface area contributed by atoms with E-state index in [1.807, 2.05) is 40.1 Å². The zero-order valence-electron chi connectivity index (χ0n) is 13.0. The van der Waals surface area contributed by atoms with Crippen molar-refractivity contribution < 1.29 is 22.5 Å². The number of halogens is 4. The molecule has 3 rings (SSSR count). The fraction of sp³-hybridized carbons (Fsp3) is 0.188. The molecule has 1 N–H and O–H groups in total. The Balaban J connectivity index is 1.61. The van der Waals surface area contributed by atoms with Gasteiger partial charge < -0.3 is 9.84 Å². The molecular formula is C16H11F3IN3O2S. The van der Waals surface area contributed by atoms with Crippen molar-refractivity contribution in [2.45, 2.75) is 19.0 Å². The molecule has 0 radical (unpaired) electrons. The first kappa shape index (κ1) is 18.8. The van der Waals surface area contributed by atoms with Gasteiger partial charge in [0.2, 0.25) is 17.6 Å². The molecule has 0 aliphatic carbocycles. The predicted molar refractivity (Wildman–Crippen MR) is 98.7 cm³/mol. The second kappa shape index (κ2) is 7.74. The van der Waals surface area contributed by atoms with E-state index in [1.165, 1.54) is 17.4 Å². The molecule has 26 heavy (non-hydrogen) atoms. The van der Waals surface area contributed by atoms with Crippen LogP contribution in [0, 0.1) is 3.57 Å². The quantitative estimate of drug-likeness (QED) is 0.509. The number of aromatic nitrogens is 2. The van der Waals surface area contributed by atoms with Crippen LogP contribution in [0.25, 0.3) is 10.7 Å². The van der Waals surface area contributed by atoms with Gasteiger partial charge in [-0.2, -0.15) is 18.2 Å². The number of alkyl halides is 3. The van der Waals surface area contributed by atoms with Gasteiger partial charge in [-0.3, -0.25) is 4.79 Å². The first-order valence-corrected chi connectivity index (χ1v) is 9.32. The van der Waals surface area contributed by atoms with E-state index in [4.69, 9.17) is 4.52 Å². The number of anilines is 1. The van der Waals surface area contributed by atoms with Crippen molar-refractivity contribution in [1.82, 2.24) is 10.1 Å². The third-order valence-corrected chi connectivity index (χ3v) is 5.15. The smallest absolute Gasteiger partial charge is 0.339 e. The average molecular weight is 493 g/mol. The van der Waals surface area contributed by atoms with Crippen LogP contribution in [0.2, 0.25) is 0 Å². The number of nitrogens with one attached hydrogen (secondary N) is 1. The highest BCUT2D eigenvalue weighted by atomic mass is 127. The molecule has 1 aromatic carbocycles. The number of amides is 1. The van der Waals surface area contributed by atoms with E-state index in [0.717, 1.165) is 17.0 Å². The largest absolute Gasteiger partial charge is 0.416 e. The minimum Gasteiger partial charge on any atom is -0.339 e. The molecule has 0 spiro atoms. The van der Waals surface area contributed by atoms with Gasteiger partial charge in [0.05, 0.1) is 16.1 Å². The molecule has 5 nitrogen and oxygen atoms in total. The molecule has 0 aliphatic heterocycles. The Morgan fingerprint density at radius 1 is 1.31 bits per heavy atom. The lowest BCUT2D eigenvalue weighted by Crippen LogP contribution is -2.14. The van der Waals surface area contributed by atoms with Gasteiger partial charge in [-0.05, 0) is 52.2 Å². The fourth-order valence-electron chi connectivity index (χ4n) is 2.09. The van der Waals surface area contributed by atoms with Crippen LogP contribution in [-0.4, -0.2) is 16.0 Å². The second-order valence-electron chi connectivity index (χ2n) is 5.23. The number of carbonyl (C=O) groups excluding carboxylic acids is 1. The van der Waals surface area contributed by atoms with Crippen LogP contribution in [0.1, 0.15) is 17.9 Å². The van der Waals surface area contributed by atoms with Crippen molar-refractivity contribution >= 4 is 45.5 Å². The minimum absolute atomic E-state index is 0.0123. The third-order valence-electron chi connectivity index (χ3n) is 3.34. The van der Waals surface area contributed by atoms with E-state index in [9.17, 15) is 18.0 Å². The molecule has 136 valence electrons. The van der Waals surface area contributed by atoms with Gasteiger partial charge in [0.15, 0.2) is 0 Å². The normalized spacial score (nSPS) is 11.5. The van der Waals surface area contributed by atoms with E-state index in [2.05, 4.69) is 15.5 Å². The van der Waals surface area contributed by atoms with Crippen LogP contribution < -0.4 is 5.32 Å². The van der Waals surface area contributed by atoms with Crippen LogP contribution >= 0.6 is 33.9 Å². The van der Waals surface area contributed by atoms with Gasteiger partial charge in [-0.1, -0.05) is 11.2 Å². The fourth-order valence-corrected chi connectivity index (χ4v) is 3.21. The summed E-state index contributed by atoms with van der Waals surface area (Å²) in [6.07, 6.45) is -4.26. The monoisotopic (exact) mass is 493 g/mol. The van der Waals surface area contributed by atoms with Gasteiger partial charge >= 0.3 is 6.18 Å². The number of aryl methyl sites for hydroxylation is 1. The summed E-state index contributed by atoms with van der Waals surface area (Å²) in [4.78, 5) is 17.1. The molecule has 0 bridgehead atoms. The topological polar surface area (TPSA) is 68.0 Å². The lowest BCUT2D eigenvalue weighted by Gasteiger charge is -2.11. The number of carbonyl (C=O) groups is 1.